The van der Waals surface area contributed by atoms with E-state index in [0.717, 1.165) is 36.0 Å². The Kier molecular flexibility index (Phi) is 17.3. The maximum Gasteiger partial charge on any atom is 0.348 e. The van der Waals surface area contributed by atoms with E-state index in [1.165, 1.54) is 39.5 Å². The molecule has 9 nitrogen and oxygen atoms in total. The minimum Gasteiger partial charge on any atom is -0.492 e. The fourth-order valence-corrected chi connectivity index (χ4v) is 5.89. The lowest BCUT2D eigenvalue weighted by molar-refractivity contribution is -0.172. The fraction of sp³-hybridized carbons (Fsp3) is 0.378. The lowest BCUT2D eigenvalue weighted by atomic mass is 10.0. The summed E-state index contributed by atoms with van der Waals surface area (Å²) in [5.74, 6) is -1.83. The van der Waals surface area contributed by atoms with Gasteiger partial charge in [0.25, 0.3) is 0 Å². The molecule has 3 atom stereocenters. The molecule has 4 rings (SSSR count). The van der Waals surface area contributed by atoms with Crippen LogP contribution in [0.4, 0.5) is 0 Å². The van der Waals surface area contributed by atoms with E-state index in [1.807, 2.05) is 44.2 Å². The van der Waals surface area contributed by atoms with Gasteiger partial charge in [0.2, 0.25) is 0 Å². The van der Waals surface area contributed by atoms with Gasteiger partial charge in [0.1, 0.15) is 11.5 Å². The number of carbonyl (C=O) groups is 4. The Hall–Kier alpha value is -4.86. The lowest BCUT2D eigenvalue weighted by Gasteiger charge is -2.17. The number of unbranched alkanes of at least 4 members (excludes halogenated alkanes) is 5. The van der Waals surface area contributed by atoms with Crippen molar-refractivity contribution >= 4 is 47.1 Å². The van der Waals surface area contributed by atoms with Crippen molar-refractivity contribution in [2.75, 3.05) is 13.2 Å². The van der Waals surface area contributed by atoms with Crippen LogP contribution < -0.4 is 9.47 Å². The molecule has 0 aliphatic rings. The highest BCUT2D eigenvalue weighted by molar-refractivity contribution is 6.32. The van der Waals surface area contributed by atoms with Gasteiger partial charge in [-0.25, -0.2) is 19.2 Å². The quantitative estimate of drug-likeness (QED) is 0.0373. The van der Waals surface area contributed by atoms with Crippen LogP contribution in [0, 0.1) is 5.92 Å². The molecule has 0 N–H and O–H groups in total. The molecule has 4 aromatic rings. The molecule has 0 radical (unpaired) electrons. The number of hydrogen-bond donors (Lipinski definition) is 0. The van der Waals surface area contributed by atoms with Crippen molar-refractivity contribution in [2.24, 2.45) is 5.92 Å². The van der Waals surface area contributed by atoms with Gasteiger partial charge in [-0.05, 0) is 97.0 Å². The van der Waals surface area contributed by atoms with Crippen LogP contribution in [0.15, 0.2) is 84.9 Å². The fourth-order valence-electron chi connectivity index (χ4n) is 5.44. The zero-order chi connectivity index (χ0) is 40.6. The van der Waals surface area contributed by atoms with E-state index in [1.54, 1.807) is 54.6 Å². The molecule has 4 aromatic carbocycles. The molecular weight excluding hydrogens is 755 g/mol. The second-order valence-corrected chi connectivity index (χ2v) is 14.5. The molecule has 0 spiro atoms. The first-order chi connectivity index (χ1) is 26.9. The number of halogens is 2. The first kappa shape index (κ1) is 43.9. The Morgan fingerprint density at radius 1 is 0.571 bits per heavy atom. The summed E-state index contributed by atoms with van der Waals surface area (Å²) in [5, 5.41) is 0.747. The van der Waals surface area contributed by atoms with Crippen LogP contribution in [-0.2, 0) is 23.8 Å². The summed E-state index contributed by atoms with van der Waals surface area (Å²) in [6, 6.07) is 24.1. The van der Waals surface area contributed by atoms with Crippen molar-refractivity contribution in [1.29, 1.82) is 0 Å². The highest BCUT2D eigenvalue weighted by Crippen LogP contribution is 2.33. The number of carbonyl (C=O) groups excluding carboxylic acids is 4. The van der Waals surface area contributed by atoms with Gasteiger partial charge in [-0.2, -0.15) is 0 Å². The minimum atomic E-state index is -1.25. The Balaban J connectivity index is 1.28. The second-order valence-electron chi connectivity index (χ2n) is 13.7. The maximum absolute atomic E-state index is 13.0. The predicted molar refractivity (Wildman–Crippen MR) is 218 cm³/mol. The molecule has 0 aromatic heterocycles. The van der Waals surface area contributed by atoms with Crippen molar-refractivity contribution < 1.29 is 42.9 Å². The summed E-state index contributed by atoms with van der Waals surface area (Å²) in [6.07, 6.45) is 5.56. The van der Waals surface area contributed by atoms with Gasteiger partial charge in [0.15, 0.2) is 12.2 Å². The molecule has 56 heavy (non-hydrogen) atoms. The van der Waals surface area contributed by atoms with Crippen LogP contribution in [0.3, 0.4) is 0 Å². The number of hydrogen-bond acceptors (Lipinski definition) is 9. The van der Waals surface area contributed by atoms with E-state index in [2.05, 4.69) is 6.92 Å². The van der Waals surface area contributed by atoms with Crippen molar-refractivity contribution in [3.63, 3.8) is 0 Å². The Bertz CT molecular complexity index is 1930. The zero-order valence-corrected chi connectivity index (χ0v) is 34.1. The minimum absolute atomic E-state index is 0.182. The van der Waals surface area contributed by atoms with Crippen molar-refractivity contribution in [1.82, 2.24) is 0 Å². The average molecular weight is 806 g/mol. The molecule has 0 saturated carbocycles. The third-order valence-electron chi connectivity index (χ3n) is 9.18. The first-order valence-electron chi connectivity index (χ1n) is 19.1. The summed E-state index contributed by atoms with van der Waals surface area (Å²) < 4.78 is 27.1. The summed E-state index contributed by atoms with van der Waals surface area (Å²) in [4.78, 5) is 50.3. The monoisotopic (exact) mass is 804 g/mol. The second kappa shape index (κ2) is 22.0. The highest BCUT2D eigenvalue weighted by atomic mass is 35.5. The molecule has 0 aliphatic heterocycles. The molecular formula is C45H50Cl2O9. The third kappa shape index (κ3) is 13.1. The van der Waals surface area contributed by atoms with Crippen LogP contribution in [0.1, 0.15) is 100 Å². The van der Waals surface area contributed by atoms with E-state index in [4.69, 9.17) is 46.9 Å². The van der Waals surface area contributed by atoms with Gasteiger partial charge >= 0.3 is 23.9 Å². The third-order valence-corrected chi connectivity index (χ3v) is 9.77. The molecule has 0 amide bonds. The van der Waals surface area contributed by atoms with Crippen LogP contribution in [-0.4, -0.2) is 49.3 Å². The predicted octanol–water partition coefficient (Wildman–Crippen LogP) is 11.4. The van der Waals surface area contributed by atoms with E-state index < -0.39 is 36.1 Å². The SMILES string of the molecule is CCCCCCCCOc1ccc(-c2ccc(C(=O)Oc3ccc(-c4ccc(C(=O)OC(C)C(=O)OC(C)C(=O)OCC(C)CC)cc4)cc3Cl)cc2)cc1Cl. The first-order valence-corrected chi connectivity index (χ1v) is 19.9. The molecule has 3 unspecified atom stereocenters. The molecule has 11 heteroatoms. The van der Waals surface area contributed by atoms with Crippen molar-refractivity contribution in [3.05, 3.63) is 106 Å². The van der Waals surface area contributed by atoms with Gasteiger partial charge in [-0.15, -0.1) is 0 Å². The number of ether oxygens (including phenoxy) is 5. The topological polar surface area (TPSA) is 114 Å². The van der Waals surface area contributed by atoms with Gasteiger partial charge in [0.05, 0.1) is 34.4 Å². The molecule has 0 saturated heterocycles. The maximum atomic E-state index is 13.0. The van der Waals surface area contributed by atoms with Crippen LogP contribution >= 0.6 is 23.2 Å². The molecule has 298 valence electrons. The summed E-state index contributed by atoms with van der Waals surface area (Å²) in [7, 11) is 0. The number of rotatable bonds is 20. The highest BCUT2D eigenvalue weighted by Gasteiger charge is 2.26. The zero-order valence-electron chi connectivity index (χ0n) is 32.6. The van der Waals surface area contributed by atoms with Crippen LogP contribution in [0.5, 0.6) is 11.5 Å². The standard InChI is InChI=1S/C45H50Cl2O9/c1-6-8-9-10-11-12-25-52-40-23-21-36(26-38(40)46)32-15-19-35(20-16-32)45(51)56-41-24-22-37(27-39(41)47)33-13-17-34(18-14-33)44(50)55-31(5)43(49)54-30(4)42(48)53-28-29(3)7-2/h13-24,26-27,29-31H,6-12,25,28H2,1-5H3. The van der Waals surface area contributed by atoms with Crippen LogP contribution in [0.25, 0.3) is 22.3 Å². The molecule has 0 fully saturated rings. The summed E-state index contributed by atoms with van der Waals surface area (Å²) in [5.41, 5.74) is 3.76. The molecule has 0 aliphatic carbocycles. The van der Waals surface area contributed by atoms with Gasteiger partial charge in [0, 0.05) is 0 Å². The van der Waals surface area contributed by atoms with E-state index in [-0.39, 0.29) is 28.9 Å². The number of benzene rings is 4. The van der Waals surface area contributed by atoms with Crippen LogP contribution in [0.2, 0.25) is 10.0 Å². The van der Waals surface area contributed by atoms with Gasteiger partial charge in [-0.1, -0.05) is 119 Å². The average Bonchev–Trinajstić information content (AvgIpc) is 3.20. The Morgan fingerprint density at radius 2 is 1.07 bits per heavy atom. The van der Waals surface area contributed by atoms with Gasteiger partial charge in [-0.3, -0.25) is 0 Å². The Morgan fingerprint density at radius 3 is 1.62 bits per heavy atom. The van der Waals surface area contributed by atoms with Gasteiger partial charge < -0.3 is 23.7 Å². The molecule has 0 bridgehead atoms. The van der Waals surface area contributed by atoms with Crippen molar-refractivity contribution in [2.45, 2.75) is 91.8 Å². The van der Waals surface area contributed by atoms with Crippen molar-refractivity contribution in [3.8, 4) is 33.8 Å². The van der Waals surface area contributed by atoms with E-state index in [9.17, 15) is 19.2 Å². The van der Waals surface area contributed by atoms with E-state index in [0.29, 0.717) is 28.5 Å². The normalized spacial score (nSPS) is 12.6. The summed E-state index contributed by atoms with van der Waals surface area (Å²) in [6.45, 7) is 9.74. The number of esters is 4. The smallest absolute Gasteiger partial charge is 0.348 e. The lowest BCUT2D eigenvalue weighted by Crippen LogP contribution is -2.33. The molecule has 0 heterocycles. The van der Waals surface area contributed by atoms with E-state index >= 15 is 0 Å². The largest absolute Gasteiger partial charge is 0.492 e. The summed E-state index contributed by atoms with van der Waals surface area (Å²) >= 11 is 13.0. The Labute approximate surface area is 339 Å².